The molecule has 1 atom stereocenters. The second-order valence-corrected chi connectivity index (χ2v) is 8.56. The molecule has 1 unspecified atom stereocenters. The molecule has 2 heteroatoms. The summed E-state index contributed by atoms with van der Waals surface area (Å²) in [5, 5.41) is 2.09. The van der Waals surface area contributed by atoms with E-state index in [1.54, 1.807) is 0 Å². The summed E-state index contributed by atoms with van der Waals surface area (Å²) in [6.45, 7) is 13.2. The Labute approximate surface area is 182 Å². The van der Waals surface area contributed by atoms with Gasteiger partial charge in [-0.3, -0.25) is 0 Å². The van der Waals surface area contributed by atoms with Crippen LogP contribution >= 0.6 is 11.6 Å². The highest BCUT2D eigenvalue weighted by Gasteiger charge is 2.19. The second-order valence-electron chi connectivity index (χ2n) is 8.12. The summed E-state index contributed by atoms with van der Waals surface area (Å²) in [5.41, 5.74) is 6.54. The molecule has 0 radical (unpaired) electrons. The molecule has 0 fully saturated rings. The van der Waals surface area contributed by atoms with E-state index in [2.05, 4.69) is 69.6 Å². The maximum atomic E-state index is 6.34. The van der Waals surface area contributed by atoms with Crippen molar-refractivity contribution in [1.29, 1.82) is 0 Å². The van der Waals surface area contributed by atoms with Crippen molar-refractivity contribution in [2.24, 2.45) is 0 Å². The van der Waals surface area contributed by atoms with Crippen molar-refractivity contribution in [3.63, 3.8) is 0 Å². The number of fused-ring (bicyclic) bond motifs is 1. The van der Waals surface area contributed by atoms with E-state index in [1.165, 1.54) is 52.6 Å². The van der Waals surface area contributed by atoms with Crippen LogP contribution in [-0.4, -0.2) is 4.98 Å². The summed E-state index contributed by atoms with van der Waals surface area (Å²) < 4.78 is 0. The number of unbranched alkanes of at least 4 members (excludes halogenated alkanes) is 3. The van der Waals surface area contributed by atoms with Crippen LogP contribution in [0.2, 0.25) is 5.02 Å². The van der Waals surface area contributed by atoms with Crippen LogP contribution in [0.25, 0.3) is 10.9 Å². The normalized spacial score (nSPS) is 13.5. The minimum Gasteiger partial charge on any atom is -0.358 e. The summed E-state index contributed by atoms with van der Waals surface area (Å²) in [6.07, 6.45) is 16.1. The first-order valence-electron chi connectivity index (χ1n) is 11.4. The highest BCUT2D eigenvalue weighted by molar-refractivity contribution is 6.31. The molecule has 0 bridgehead atoms. The molecule has 0 aliphatic carbocycles. The molecule has 1 nitrogen and oxygen atoms in total. The Morgan fingerprint density at radius 1 is 1.10 bits per heavy atom. The number of aryl methyl sites for hydroxylation is 1. The number of aromatic nitrogens is 1. The number of allylic oxidation sites excluding steroid dienone is 5. The van der Waals surface area contributed by atoms with E-state index in [4.69, 9.17) is 11.6 Å². The van der Waals surface area contributed by atoms with E-state index < -0.39 is 0 Å². The number of hydrogen-bond acceptors (Lipinski definition) is 0. The van der Waals surface area contributed by atoms with E-state index in [1.807, 2.05) is 6.07 Å². The van der Waals surface area contributed by atoms with Gasteiger partial charge in [-0.15, -0.1) is 0 Å². The lowest BCUT2D eigenvalue weighted by atomic mass is 9.90. The fourth-order valence-electron chi connectivity index (χ4n) is 3.92. The Morgan fingerprint density at radius 3 is 2.59 bits per heavy atom. The van der Waals surface area contributed by atoms with E-state index in [9.17, 15) is 0 Å². The van der Waals surface area contributed by atoms with Crippen molar-refractivity contribution in [3.8, 4) is 0 Å². The first-order valence-corrected chi connectivity index (χ1v) is 11.7. The van der Waals surface area contributed by atoms with E-state index >= 15 is 0 Å². The number of hydrogen-bond donors (Lipinski definition) is 1. The van der Waals surface area contributed by atoms with Gasteiger partial charge in [-0.1, -0.05) is 95.4 Å². The van der Waals surface area contributed by atoms with Crippen molar-refractivity contribution >= 4 is 22.5 Å². The van der Waals surface area contributed by atoms with Gasteiger partial charge in [-0.05, 0) is 55.0 Å². The van der Waals surface area contributed by atoms with Gasteiger partial charge < -0.3 is 4.98 Å². The first kappa shape index (κ1) is 23.5. The third-order valence-electron chi connectivity index (χ3n) is 5.62. The molecule has 1 heterocycles. The van der Waals surface area contributed by atoms with Gasteiger partial charge in [0, 0.05) is 27.5 Å². The predicted octanol–water partition coefficient (Wildman–Crippen LogP) is 9.30. The van der Waals surface area contributed by atoms with Gasteiger partial charge in [0.25, 0.3) is 0 Å². The van der Waals surface area contributed by atoms with Crippen LogP contribution in [0, 0.1) is 0 Å². The fraction of sp³-hybridized carbons (Fsp3) is 0.481. The number of rotatable bonds is 12. The molecule has 2 aromatic rings. The fourth-order valence-corrected chi connectivity index (χ4v) is 4.09. The quantitative estimate of drug-likeness (QED) is 0.264. The number of benzene rings is 1. The molecule has 0 aliphatic rings. The van der Waals surface area contributed by atoms with Crippen molar-refractivity contribution in [3.05, 3.63) is 70.4 Å². The number of halogens is 1. The molecule has 158 valence electrons. The molecular weight excluding hydrogens is 374 g/mol. The summed E-state index contributed by atoms with van der Waals surface area (Å²) in [7, 11) is 0. The van der Waals surface area contributed by atoms with Crippen molar-refractivity contribution < 1.29 is 0 Å². The molecule has 1 N–H and O–H groups in total. The van der Waals surface area contributed by atoms with Crippen molar-refractivity contribution in [2.45, 2.75) is 85.0 Å². The van der Waals surface area contributed by atoms with E-state index in [0.717, 1.165) is 37.1 Å². The smallest absolute Gasteiger partial charge is 0.0460 e. The largest absolute Gasteiger partial charge is 0.358 e. The Balaban J connectivity index is 2.44. The van der Waals surface area contributed by atoms with Gasteiger partial charge in [0.05, 0.1) is 0 Å². The number of nitrogens with one attached hydrogen (secondary N) is 1. The Bertz CT molecular complexity index is 853. The minimum atomic E-state index is 0.315. The number of H-pyrrole nitrogens is 1. The maximum Gasteiger partial charge on any atom is 0.0460 e. The average Bonchev–Trinajstić information content (AvgIpc) is 3.06. The highest BCUT2D eigenvalue weighted by atomic mass is 35.5. The molecule has 0 spiro atoms. The average molecular weight is 412 g/mol. The highest BCUT2D eigenvalue weighted by Crippen LogP contribution is 2.35. The van der Waals surface area contributed by atoms with Crippen LogP contribution < -0.4 is 0 Å². The lowest BCUT2D eigenvalue weighted by molar-refractivity contribution is 0.710. The van der Waals surface area contributed by atoms with Crippen LogP contribution in [0.3, 0.4) is 0 Å². The summed E-state index contributed by atoms with van der Waals surface area (Å²) in [5.74, 6) is 0.315. The van der Waals surface area contributed by atoms with Gasteiger partial charge in [0.15, 0.2) is 0 Å². The van der Waals surface area contributed by atoms with Crippen molar-refractivity contribution in [2.75, 3.05) is 0 Å². The SMILES string of the molecule is C=C(/C=C\C(=C/CCC)C(C)c1[nH]c2ccc(Cl)cc2c1CCCCC)CCC. The van der Waals surface area contributed by atoms with Gasteiger partial charge in [0.2, 0.25) is 0 Å². The molecule has 0 saturated heterocycles. The van der Waals surface area contributed by atoms with Crippen LogP contribution in [0.1, 0.15) is 89.8 Å². The van der Waals surface area contributed by atoms with E-state index in [0.29, 0.717) is 5.92 Å². The molecule has 2 rings (SSSR count). The van der Waals surface area contributed by atoms with Crippen LogP contribution in [-0.2, 0) is 6.42 Å². The second kappa shape index (κ2) is 12.1. The topological polar surface area (TPSA) is 15.8 Å². The molecule has 29 heavy (non-hydrogen) atoms. The zero-order chi connectivity index (χ0) is 21.2. The molecule has 0 saturated carbocycles. The van der Waals surface area contributed by atoms with Gasteiger partial charge in [-0.25, -0.2) is 0 Å². The standard InChI is InChI=1S/C27H38ClN/c1-6-9-11-14-24-25-19-23(28)17-18-26(25)29-27(24)21(5)22(13-10-7-2)16-15-20(4)12-8-3/h13,15-19,21,29H,4,6-12,14H2,1-3,5H3/b16-15-,22-13+. The summed E-state index contributed by atoms with van der Waals surface area (Å²) in [6, 6.07) is 6.22. The molecule has 1 aromatic carbocycles. The number of aromatic amines is 1. The Hall–Kier alpha value is -1.73. The Kier molecular flexibility index (Phi) is 9.81. The zero-order valence-corrected chi connectivity index (χ0v) is 19.5. The minimum absolute atomic E-state index is 0.315. The van der Waals surface area contributed by atoms with E-state index in [-0.39, 0.29) is 0 Å². The van der Waals surface area contributed by atoms with Crippen LogP contribution in [0.4, 0.5) is 0 Å². The van der Waals surface area contributed by atoms with Gasteiger partial charge in [0.1, 0.15) is 0 Å². The summed E-state index contributed by atoms with van der Waals surface area (Å²) in [4.78, 5) is 3.73. The van der Waals surface area contributed by atoms with Crippen LogP contribution in [0.5, 0.6) is 0 Å². The third kappa shape index (κ3) is 6.64. The lowest BCUT2D eigenvalue weighted by Crippen LogP contribution is -2.02. The van der Waals surface area contributed by atoms with Crippen LogP contribution in [0.15, 0.2) is 54.2 Å². The lowest BCUT2D eigenvalue weighted by Gasteiger charge is -2.16. The van der Waals surface area contributed by atoms with Gasteiger partial charge in [-0.2, -0.15) is 0 Å². The molecule has 1 aromatic heterocycles. The Morgan fingerprint density at radius 2 is 1.90 bits per heavy atom. The summed E-state index contributed by atoms with van der Waals surface area (Å²) >= 11 is 6.34. The molecule has 0 aliphatic heterocycles. The zero-order valence-electron chi connectivity index (χ0n) is 18.8. The molecule has 0 amide bonds. The predicted molar refractivity (Wildman–Crippen MR) is 131 cm³/mol. The molecular formula is C27H38ClN. The van der Waals surface area contributed by atoms with Gasteiger partial charge >= 0.3 is 0 Å². The first-order chi connectivity index (χ1) is 14.0. The van der Waals surface area contributed by atoms with Crippen molar-refractivity contribution in [1.82, 2.24) is 4.98 Å². The third-order valence-corrected chi connectivity index (χ3v) is 5.85. The monoisotopic (exact) mass is 411 g/mol. The maximum absolute atomic E-state index is 6.34.